The number of hydrogen-bond acceptors (Lipinski definition) is 0. The van der Waals surface area contributed by atoms with Crippen LogP contribution in [0.25, 0.3) is 0 Å². The summed E-state index contributed by atoms with van der Waals surface area (Å²) in [7, 11) is 0. The van der Waals surface area contributed by atoms with E-state index in [-0.39, 0.29) is 0 Å². The summed E-state index contributed by atoms with van der Waals surface area (Å²) in [5, 5.41) is 0. The molecule has 2 saturated carbocycles. The van der Waals surface area contributed by atoms with E-state index in [2.05, 4.69) is 62.1 Å². The Balaban J connectivity index is 1.23. The molecule has 1 aromatic rings. The summed E-state index contributed by atoms with van der Waals surface area (Å²) in [6.45, 7) is 6.01. The number of aryl methyl sites for hydroxylation is 1. The smallest absolute Gasteiger partial charge is 0.00182 e. The van der Waals surface area contributed by atoms with E-state index >= 15 is 0 Å². The third-order valence-electron chi connectivity index (χ3n) is 8.82. The summed E-state index contributed by atoms with van der Waals surface area (Å²) in [5.74, 6) is 5.36. The highest BCUT2D eigenvalue weighted by molar-refractivity contribution is 5.29. The minimum atomic E-state index is 0.633. The zero-order valence-electron chi connectivity index (χ0n) is 19.9. The summed E-state index contributed by atoms with van der Waals surface area (Å²) in [4.78, 5) is 0. The molecular formula is C31H44. The lowest BCUT2D eigenvalue weighted by Gasteiger charge is -2.40. The molecule has 2 unspecified atom stereocenters. The van der Waals surface area contributed by atoms with E-state index in [9.17, 15) is 0 Å². The monoisotopic (exact) mass is 416 g/mol. The third-order valence-corrected chi connectivity index (χ3v) is 8.82. The molecule has 168 valence electrons. The van der Waals surface area contributed by atoms with Crippen LogP contribution in [0, 0.1) is 29.6 Å². The highest BCUT2D eigenvalue weighted by atomic mass is 14.4. The maximum Gasteiger partial charge on any atom is 0.00182 e. The van der Waals surface area contributed by atoms with E-state index in [1.807, 2.05) is 6.08 Å². The third kappa shape index (κ3) is 6.03. The Morgan fingerprint density at radius 3 is 2.00 bits per heavy atom. The lowest BCUT2D eigenvalue weighted by atomic mass is 9.66. The molecule has 0 saturated heterocycles. The first-order valence-corrected chi connectivity index (χ1v) is 13.3. The largest absolute Gasteiger partial charge is 0.103 e. The van der Waals surface area contributed by atoms with Crippen LogP contribution in [0.3, 0.4) is 0 Å². The first-order chi connectivity index (χ1) is 15.3. The molecule has 0 heterocycles. The van der Waals surface area contributed by atoms with Gasteiger partial charge in [0.05, 0.1) is 0 Å². The molecule has 0 nitrogen and oxygen atoms in total. The Hall–Kier alpha value is -1.56. The van der Waals surface area contributed by atoms with Gasteiger partial charge in [-0.2, -0.15) is 0 Å². The highest BCUT2D eigenvalue weighted by Crippen LogP contribution is 2.45. The van der Waals surface area contributed by atoms with E-state index in [0.29, 0.717) is 5.92 Å². The molecule has 3 aliphatic rings. The van der Waals surface area contributed by atoms with Gasteiger partial charge in [0.1, 0.15) is 0 Å². The van der Waals surface area contributed by atoms with E-state index < -0.39 is 0 Å². The van der Waals surface area contributed by atoms with Crippen molar-refractivity contribution >= 4 is 0 Å². The fraction of sp³-hybridized carbons (Fsp3) is 0.613. The minimum absolute atomic E-state index is 0.633. The van der Waals surface area contributed by atoms with Gasteiger partial charge in [-0.3, -0.25) is 0 Å². The molecule has 0 amide bonds. The predicted octanol–water partition coefficient (Wildman–Crippen LogP) is 9.04. The van der Waals surface area contributed by atoms with Crippen molar-refractivity contribution in [1.29, 1.82) is 0 Å². The summed E-state index contributed by atoms with van der Waals surface area (Å²) in [6, 6.07) is 9.38. The second kappa shape index (κ2) is 11.3. The minimum Gasteiger partial charge on any atom is -0.103 e. The van der Waals surface area contributed by atoms with Gasteiger partial charge in [0.25, 0.3) is 0 Å². The van der Waals surface area contributed by atoms with Gasteiger partial charge in [-0.1, -0.05) is 54.6 Å². The lowest BCUT2D eigenvalue weighted by molar-refractivity contribution is 0.137. The van der Waals surface area contributed by atoms with E-state index in [1.165, 1.54) is 75.3 Å². The Labute approximate surface area is 191 Å². The standard InChI is InChI=1S/C31H44/c1-3-5-7-25-10-14-27(15-11-25)29-18-22-31(23-19-29)30-20-16-28(17-21-30)26-12-8-24(6-4-2)9-13-26/h3-4,6,10-11,14-15,18,22,24,26,28-31H,1,5,7-9,12-13,16-17,19-21,23H2,2H3. The van der Waals surface area contributed by atoms with Crippen LogP contribution < -0.4 is 0 Å². The van der Waals surface area contributed by atoms with Crippen LogP contribution in [-0.2, 0) is 6.42 Å². The Kier molecular flexibility index (Phi) is 8.28. The van der Waals surface area contributed by atoms with Gasteiger partial charge < -0.3 is 0 Å². The van der Waals surface area contributed by atoms with Crippen molar-refractivity contribution in [2.24, 2.45) is 29.6 Å². The van der Waals surface area contributed by atoms with Crippen molar-refractivity contribution in [3.05, 3.63) is 72.4 Å². The molecule has 2 fully saturated rings. The van der Waals surface area contributed by atoms with Crippen molar-refractivity contribution in [2.75, 3.05) is 0 Å². The predicted molar refractivity (Wildman–Crippen MR) is 135 cm³/mol. The van der Waals surface area contributed by atoms with Crippen LogP contribution in [0.5, 0.6) is 0 Å². The molecule has 4 rings (SSSR count). The molecular weight excluding hydrogens is 372 g/mol. The zero-order chi connectivity index (χ0) is 21.5. The summed E-state index contributed by atoms with van der Waals surface area (Å²) < 4.78 is 0. The average molecular weight is 417 g/mol. The van der Waals surface area contributed by atoms with Crippen LogP contribution in [0.15, 0.2) is 61.2 Å². The van der Waals surface area contributed by atoms with Gasteiger partial charge in [-0.05, 0) is 125 Å². The van der Waals surface area contributed by atoms with E-state index in [1.54, 1.807) is 0 Å². The van der Waals surface area contributed by atoms with Crippen molar-refractivity contribution in [2.45, 2.75) is 89.9 Å². The molecule has 1 aromatic carbocycles. The summed E-state index contributed by atoms with van der Waals surface area (Å²) in [5.41, 5.74) is 2.95. The molecule has 0 aromatic heterocycles. The average Bonchev–Trinajstić information content (AvgIpc) is 2.84. The molecule has 31 heavy (non-hydrogen) atoms. The lowest BCUT2D eigenvalue weighted by Crippen LogP contribution is -2.28. The highest BCUT2D eigenvalue weighted by Gasteiger charge is 2.33. The number of benzene rings is 1. The van der Waals surface area contributed by atoms with Crippen molar-refractivity contribution in [1.82, 2.24) is 0 Å². The summed E-state index contributed by atoms with van der Waals surface area (Å²) >= 11 is 0. The fourth-order valence-electron chi connectivity index (χ4n) is 6.84. The van der Waals surface area contributed by atoms with Gasteiger partial charge >= 0.3 is 0 Å². The van der Waals surface area contributed by atoms with Crippen molar-refractivity contribution < 1.29 is 0 Å². The Bertz CT molecular complexity index is 720. The Morgan fingerprint density at radius 1 is 0.774 bits per heavy atom. The second-order valence-electron chi connectivity index (χ2n) is 10.7. The zero-order valence-corrected chi connectivity index (χ0v) is 19.9. The van der Waals surface area contributed by atoms with Gasteiger partial charge in [0.15, 0.2) is 0 Å². The van der Waals surface area contributed by atoms with Gasteiger partial charge in [0, 0.05) is 5.92 Å². The molecule has 0 N–H and O–H groups in total. The molecule has 0 heteroatoms. The fourth-order valence-corrected chi connectivity index (χ4v) is 6.84. The van der Waals surface area contributed by atoms with Crippen LogP contribution in [0.4, 0.5) is 0 Å². The molecule has 0 bridgehead atoms. The van der Waals surface area contributed by atoms with E-state index in [0.717, 1.165) is 42.4 Å². The maximum atomic E-state index is 3.84. The maximum absolute atomic E-state index is 3.84. The molecule has 2 atom stereocenters. The van der Waals surface area contributed by atoms with Crippen LogP contribution >= 0.6 is 0 Å². The van der Waals surface area contributed by atoms with Crippen LogP contribution in [-0.4, -0.2) is 0 Å². The molecule has 0 spiro atoms. The molecule has 0 aliphatic heterocycles. The normalized spacial score (nSPS) is 34.1. The first kappa shape index (κ1) is 22.6. The van der Waals surface area contributed by atoms with Crippen LogP contribution in [0.2, 0.25) is 0 Å². The summed E-state index contributed by atoms with van der Waals surface area (Å²) in [6.07, 6.45) is 28.6. The number of hydrogen-bond donors (Lipinski definition) is 0. The second-order valence-corrected chi connectivity index (χ2v) is 10.7. The van der Waals surface area contributed by atoms with Crippen LogP contribution in [0.1, 0.15) is 94.6 Å². The topological polar surface area (TPSA) is 0 Å². The van der Waals surface area contributed by atoms with Gasteiger partial charge in [-0.15, -0.1) is 6.58 Å². The first-order valence-electron chi connectivity index (χ1n) is 13.3. The Morgan fingerprint density at radius 2 is 1.42 bits per heavy atom. The van der Waals surface area contributed by atoms with Crippen molar-refractivity contribution in [3.63, 3.8) is 0 Å². The van der Waals surface area contributed by atoms with Gasteiger partial charge in [-0.25, -0.2) is 0 Å². The quantitative estimate of drug-likeness (QED) is 0.389. The van der Waals surface area contributed by atoms with Gasteiger partial charge in [0.2, 0.25) is 0 Å². The van der Waals surface area contributed by atoms with E-state index in [4.69, 9.17) is 0 Å². The van der Waals surface area contributed by atoms with Crippen molar-refractivity contribution in [3.8, 4) is 0 Å². The SMILES string of the molecule is C=CCCc1ccc(C2C=CC(C3CCC(C4CCC(C=CC)CC4)CC3)CC2)cc1. The molecule has 0 radical (unpaired) electrons. The number of allylic oxidation sites excluding steroid dienone is 5. The number of rotatable bonds is 7. The molecule has 3 aliphatic carbocycles.